The Morgan fingerprint density at radius 2 is 1.83 bits per heavy atom. The van der Waals surface area contributed by atoms with E-state index in [4.69, 9.17) is 9.47 Å². The van der Waals surface area contributed by atoms with Crippen molar-refractivity contribution in [2.45, 2.75) is 11.8 Å². The van der Waals surface area contributed by atoms with Crippen LogP contribution in [-0.4, -0.2) is 45.0 Å². The lowest BCUT2D eigenvalue weighted by Gasteiger charge is -2.13. The molecule has 1 heterocycles. The first kappa shape index (κ1) is 20.8. The van der Waals surface area contributed by atoms with Crippen molar-refractivity contribution in [2.75, 3.05) is 31.9 Å². The molecule has 152 valence electrons. The van der Waals surface area contributed by atoms with E-state index in [1.54, 1.807) is 32.2 Å². The average Bonchev–Trinajstić information content (AvgIpc) is 2.69. The predicted molar refractivity (Wildman–Crippen MR) is 112 cm³/mol. The summed E-state index contributed by atoms with van der Waals surface area (Å²) in [7, 11) is -1.69. The van der Waals surface area contributed by atoms with Gasteiger partial charge in [-0.2, -0.15) is 0 Å². The van der Waals surface area contributed by atoms with Crippen LogP contribution >= 0.6 is 0 Å². The highest BCUT2D eigenvalue weighted by Gasteiger charge is 2.14. The third-order valence-corrected chi connectivity index (χ3v) is 5.56. The quantitative estimate of drug-likeness (QED) is 0.564. The molecule has 0 saturated heterocycles. The van der Waals surface area contributed by atoms with E-state index in [9.17, 15) is 8.42 Å². The van der Waals surface area contributed by atoms with Crippen LogP contribution in [0, 0.1) is 6.92 Å². The number of aromatic nitrogens is 2. The standard InChI is InChI=1S/C21H23N3O4S/c1-15-17(8-6-10-20(15)29(3,25)26)24-21-13-18(22-14-23-21)16-7-4-5-9-19(16)28-12-11-27-2/h4-10,13-14H,11-12H2,1-3H3,(H,22,23,24). The Morgan fingerprint density at radius 1 is 1.03 bits per heavy atom. The number of methoxy groups -OCH3 is 1. The van der Waals surface area contributed by atoms with Crippen molar-refractivity contribution in [3.8, 4) is 17.0 Å². The maximum atomic E-state index is 12.0. The molecule has 0 amide bonds. The summed E-state index contributed by atoms with van der Waals surface area (Å²) in [6.07, 6.45) is 2.65. The number of para-hydroxylation sites is 1. The molecule has 3 rings (SSSR count). The van der Waals surface area contributed by atoms with Gasteiger partial charge in [0, 0.05) is 30.7 Å². The molecule has 0 aliphatic heterocycles. The van der Waals surface area contributed by atoms with Gasteiger partial charge in [-0.05, 0) is 36.8 Å². The Bertz CT molecular complexity index is 1100. The van der Waals surface area contributed by atoms with Crippen LogP contribution in [0.25, 0.3) is 11.3 Å². The van der Waals surface area contributed by atoms with Crippen LogP contribution in [-0.2, 0) is 14.6 Å². The zero-order valence-corrected chi connectivity index (χ0v) is 17.4. The molecular formula is C21H23N3O4S. The summed E-state index contributed by atoms with van der Waals surface area (Å²) in [5.74, 6) is 1.25. The number of hydrogen-bond acceptors (Lipinski definition) is 7. The number of anilines is 2. The molecule has 0 bridgehead atoms. The number of rotatable bonds is 8. The molecule has 7 nitrogen and oxygen atoms in total. The van der Waals surface area contributed by atoms with Crippen LogP contribution in [0.5, 0.6) is 5.75 Å². The predicted octanol–water partition coefficient (Wildman–Crippen LogP) is 3.62. The van der Waals surface area contributed by atoms with Crippen LogP contribution in [0.2, 0.25) is 0 Å². The Kier molecular flexibility index (Phi) is 6.46. The number of hydrogen-bond donors (Lipinski definition) is 1. The SMILES string of the molecule is COCCOc1ccccc1-c1cc(Nc2cccc(S(C)(=O)=O)c2C)ncn1. The maximum Gasteiger partial charge on any atom is 0.175 e. The molecular weight excluding hydrogens is 390 g/mol. The number of sulfone groups is 1. The number of benzene rings is 2. The van der Waals surface area contributed by atoms with Crippen molar-refractivity contribution in [1.82, 2.24) is 9.97 Å². The van der Waals surface area contributed by atoms with Crippen molar-refractivity contribution in [1.29, 1.82) is 0 Å². The molecule has 3 aromatic rings. The Balaban J connectivity index is 1.91. The van der Waals surface area contributed by atoms with Crippen LogP contribution in [0.15, 0.2) is 59.8 Å². The molecule has 1 aromatic heterocycles. The van der Waals surface area contributed by atoms with Gasteiger partial charge in [0.25, 0.3) is 0 Å². The van der Waals surface area contributed by atoms with E-state index in [-0.39, 0.29) is 4.90 Å². The van der Waals surface area contributed by atoms with Gasteiger partial charge in [-0.3, -0.25) is 0 Å². The van der Waals surface area contributed by atoms with Gasteiger partial charge in [0.2, 0.25) is 0 Å². The first-order valence-corrected chi connectivity index (χ1v) is 10.9. The van der Waals surface area contributed by atoms with Crippen molar-refractivity contribution in [3.05, 3.63) is 60.4 Å². The topological polar surface area (TPSA) is 90.4 Å². The third kappa shape index (κ3) is 5.10. The van der Waals surface area contributed by atoms with E-state index in [1.165, 1.54) is 12.6 Å². The van der Waals surface area contributed by atoms with Gasteiger partial charge in [0.15, 0.2) is 9.84 Å². The molecule has 1 N–H and O–H groups in total. The summed E-state index contributed by atoms with van der Waals surface area (Å²) < 4.78 is 34.8. The van der Waals surface area contributed by atoms with Gasteiger partial charge in [-0.15, -0.1) is 0 Å². The largest absolute Gasteiger partial charge is 0.490 e. The fourth-order valence-electron chi connectivity index (χ4n) is 2.90. The van der Waals surface area contributed by atoms with Crippen LogP contribution in [0.1, 0.15) is 5.56 Å². The minimum atomic E-state index is -3.32. The molecule has 0 unspecified atom stereocenters. The smallest absolute Gasteiger partial charge is 0.175 e. The Morgan fingerprint density at radius 3 is 2.59 bits per heavy atom. The second-order valence-corrected chi connectivity index (χ2v) is 8.44. The summed E-state index contributed by atoms with van der Waals surface area (Å²) in [6, 6.07) is 14.5. The highest BCUT2D eigenvalue weighted by molar-refractivity contribution is 7.90. The number of ether oxygens (including phenoxy) is 2. The summed E-state index contributed by atoms with van der Waals surface area (Å²) in [5.41, 5.74) is 2.82. The van der Waals surface area contributed by atoms with Crippen molar-refractivity contribution in [3.63, 3.8) is 0 Å². The lowest BCUT2D eigenvalue weighted by atomic mass is 10.1. The van der Waals surface area contributed by atoms with Gasteiger partial charge in [0.1, 0.15) is 24.5 Å². The summed E-state index contributed by atoms with van der Waals surface area (Å²) in [4.78, 5) is 8.91. The summed E-state index contributed by atoms with van der Waals surface area (Å²) in [6.45, 7) is 2.68. The zero-order valence-electron chi connectivity index (χ0n) is 16.5. The molecule has 0 atom stereocenters. The van der Waals surface area contributed by atoms with E-state index in [1.807, 2.05) is 30.3 Å². The molecule has 29 heavy (non-hydrogen) atoms. The molecule has 2 aromatic carbocycles. The summed E-state index contributed by atoms with van der Waals surface area (Å²) >= 11 is 0. The minimum Gasteiger partial charge on any atom is -0.490 e. The molecule has 0 fully saturated rings. The van der Waals surface area contributed by atoms with Crippen molar-refractivity contribution >= 4 is 21.3 Å². The normalized spacial score (nSPS) is 11.3. The fourth-order valence-corrected chi connectivity index (χ4v) is 3.89. The fraction of sp³-hybridized carbons (Fsp3) is 0.238. The minimum absolute atomic E-state index is 0.286. The average molecular weight is 413 g/mol. The van der Waals surface area contributed by atoms with Gasteiger partial charge < -0.3 is 14.8 Å². The Labute approximate surface area is 170 Å². The van der Waals surface area contributed by atoms with Gasteiger partial charge in [0.05, 0.1) is 17.2 Å². The monoisotopic (exact) mass is 413 g/mol. The summed E-state index contributed by atoms with van der Waals surface area (Å²) in [5, 5.41) is 3.19. The molecule has 0 radical (unpaired) electrons. The molecule has 0 aliphatic carbocycles. The number of nitrogens with zero attached hydrogens (tertiary/aromatic N) is 2. The van der Waals surface area contributed by atoms with Gasteiger partial charge in [-0.1, -0.05) is 18.2 Å². The van der Waals surface area contributed by atoms with E-state index in [0.717, 1.165) is 5.56 Å². The molecule has 0 aliphatic rings. The van der Waals surface area contributed by atoms with E-state index in [2.05, 4.69) is 15.3 Å². The highest BCUT2D eigenvalue weighted by Crippen LogP contribution is 2.31. The number of nitrogens with one attached hydrogen (secondary N) is 1. The van der Waals surface area contributed by atoms with Crippen LogP contribution in [0.4, 0.5) is 11.5 Å². The lowest BCUT2D eigenvalue weighted by Crippen LogP contribution is -2.05. The van der Waals surface area contributed by atoms with Crippen molar-refractivity contribution in [2.24, 2.45) is 0 Å². The first-order chi connectivity index (χ1) is 13.9. The maximum absolute atomic E-state index is 12.0. The van der Waals surface area contributed by atoms with Crippen molar-refractivity contribution < 1.29 is 17.9 Å². The zero-order chi connectivity index (χ0) is 20.9. The second-order valence-electron chi connectivity index (χ2n) is 6.45. The highest BCUT2D eigenvalue weighted by atomic mass is 32.2. The van der Waals surface area contributed by atoms with Crippen LogP contribution < -0.4 is 10.1 Å². The van der Waals surface area contributed by atoms with E-state index < -0.39 is 9.84 Å². The van der Waals surface area contributed by atoms with E-state index in [0.29, 0.717) is 41.7 Å². The Hall–Kier alpha value is -2.97. The third-order valence-electron chi connectivity index (χ3n) is 4.32. The lowest BCUT2D eigenvalue weighted by molar-refractivity contribution is 0.146. The second kappa shape index (κ2) is 9.02. The van der Waals surface area contributed by atoms with Gasteiger partial charge in [-0.25, -0.2) is 18.4 Å². The van der Waals surface area contributed by atoms with Crippen LogP contribution in [0.3, 0.4) is 0 Å². The first-order valence-electron chi connectivity index (χ1n) is 9.00. The molecule has 0 spiro atoms. The molecule has 8 heteroatoms. The van der Waals surface area contributed by atoms with E-state index >= 15 is 0 Å². The van der Waals surface area contributed by atoms with Gasteiger partial charge >= 0.3 is 0 Å². The molecule has 0 saturated carbocycles.